The number of piperidine rings is 1. The Morgan fingerprint density at radius 1 is 1.12 bits per heavy atom. The summed E-state index contributed by atoms with van der Waals surface area (Å²) in [5.41, 5.74) is 6.93. The van der Waals surface area contributed by atoms with Crippen LogP contribution in [0.25, 0.3) is 0 Å². The second-order valence-electron chi connectivity index (χ2n) is 8.28. The number of fused-ring (bicyclic) bond motifs is 2. The maximum Gasteiger partial charge on any atom is 0.257 e. The van der Waals surface area contributed by atoms with Gasteiger partial charge in [-0.05, 0) is 56.4 Å². The van der Waals surface area contributed by atoms with Gasteiger partial charge in [-0.3, -0.25) is 9.59 Å². The summed E-state index contributed by atoms with van der Waals surface area (Å²) in [4.78, 5) is 27.0. The fourth-order valence-corrected chi connectivity index (χ4v) is 5.12. The molecule has 3 N–H and O–H groups in total. The number of carbonyl (C=O) groups excluding carboxylic acids is 2. The number of carbonyl (C=O) groups is 2. The summed E-state index contributed by atoms with van der Waals surface area (Å²) in [7, 11) is 0. The van der Waals surface area contributed by atoms with Crippen LogP contribution in [0.2, 0.25) is 0 Å². The molecule has 2 amide bonds. The van der Waals surface area contributed by atoms with Crippen LogP contribution in [-0.2, 0) is 4.79 Å². The van der Waals surface area contributed by atoms with E-state index < -0.39 is 0 Å². The molecule has 0 spiro atoms. The van der Waals surface area contributed by atoms with Crippen LogP contribution < -0.4 is 11.1 Å². The summed E-state index contributed by atoms with van der Waals surface area (Å²) >= 11 is 0. The van der Waals surface area contributed by atoms with Crippen molar-refractivity contribution in [3.05, 3.63) is 24.2 Å². The Hall–Kier alpha value is -1.82. The van der Waals surface area contributed by atoms with Crippen LogP contribution in [0.1, 0.15) is 55.3 Å². The van der Waals surface area contributed by atoms with Gasteiger partial charge in [-0.25, -0.2) is 0 Å². The Balaban J connectivity index is 1.27. The minimum Gasteiger partial charge on any atom is -0.472 e. The number of hydrogen-bond acceptors (Lipinski definition) is 4. The lowest BCUT2D eigenvalue weighted by Crippen LogP contribution is -2.52. The van der Waals surface area contributed by atoms with Crippen molar-refractivity contribution in [2.45, 2.75) is 57.0 Å². The van der Waals surface area contributed by atoms with Crippen molar-refractivity contribution >= 4 is 11.8 Å². The normalized spacial score (nSPS) is 32.3. The van der Waals surface area contributed by atoms with Crippen LogP contribution in [0.5, 0.6) is 0 Å². The van der Waals surface area contributed by atoms with E-state index in [0.717, 1.165) is 25.7 Å². The van der Waals surface area contributed by atoms with E-state index in [2.05, 4.69) is 5.32 Å². The summed E-state index contributed by atoms with van der Waals surface area (Å²) in [5, 5.41) is 3.25. The zero-order valence-electron chi connectivity index (χ0n) is 15.2. The maximum absolute atomic E-state index is 12.8. The molecule has 6 nitrogen and oxygen atoms in total. The number of rotatable bonds is 3. The fourth-order valence-electron chi connectivity index (χ4n) is 5.12. The smallest absolute Gasteiger partial charge is 0.257 e. The van der Waals surface area contributed by atoms with E-state index in [9.17, 15) is 9.59 Å². The highest BCUT2D eigenvalue weighted by atomic mass is 16.3. The Morgan fingerprint density at radius 2 is 1.81 bits per heavy atom. The largest absolute Gasteiger partial charge is 0.472 e. The van der Waals surface area contributed by atoms with Gasteiger partial charge in [0, 0.05) is 31.1 Å². The highest BCUT2D eigenvalue weighted by Crippen LogP contribution is 2.42. The van der Waals surface area contributed by atoms with Crippen molar-refractivity contribution in [1.29, 1.82) is 0 Å². The summed E-state index contributed by atoms with van der Waals surface area (Å²) in [6.07, 6.45) is 10.1. The molecule has 1 aromatic rings. The molecular formula is C20H29N3O3. The quantitative estimate of drug-likeness (QED) is 0.865. The predicted octanol–water partition coefficient (Wildman–Crippen LogP) is 2.15. The molecular weight excluding hydrogens is 330 g/mol. The lowest BCUT2D eigenvalue weighted by Gasteiger charge is -2.44. The molecule has 142 valence electrons. The molecule has 2 unspecified atom stereocenters. The van der Waals surface area contributed by atoms with Gasteiger partial charge in [-0.2, -0.15) is 0 Å². The highest BCUT2D eigenvalue weighted by Gasteiger charge is 2.41. The summed E-state index contributed by atoms with van der Waals surface area (Å²) in [6.45, 7) is 1.35. The number of amides is 2. The monoisotopic (exact) mass is 359 g/mol. The number of nitrogens with two attached hydrogens (primary N) is 1. The maximum atomic E-state index is 12.8. The molecule has 1 aliphatic heterocycles. The van der Waals surface area contributed by atoms with Crippen molar-refractivity contribution < 1.29 is 14.0 Å². The molecule has 2 heterocycles. The van der Waals surface area contributed by atoms with Crippen molar-refractivity contribution in [3.63, 3.8) is 0 Å². The summed E-state index contributed by atoms with van der Waals surface area (Å²) in [5.74, 6) is 1.38. The lowest BCUT2D eigenvalue weighted by atomic mass is 9.65. The Bertz CT molecular complexity index is 623. The molecule has 4 rings (SSSR count). The van der Waals surface area contributed by atoms with Gasteiger partial charge >= 0.3 is 0 Å². The minimum absolute atomic E-state index is 0.0117. The van der Waals surface area contributed by atoms with Gasteiger partial charge in [-0.15, -0.1) is 0 Å². The first-order chi connectivity index (χ1) is 12.6. The third kappa shape index (κ3) is 3.52. The summed E-state index contributed by atoms with van der Waals surface area (Å²) in [6, 6.07) is 2.16. The highest BCUT2D eigenvalue weighted by molar-refractivity contribution is 5.93. The fraction of sp³-hybridized carbons (Fsp3) is 0.700. The number of hydrogen-bond donors (Lipinski definition) is 2. The third-order valence-corrected chi connectivity index (χ3v) is 6.68. The standard InChI is InChI=1S/C20H29N3O3/c21-18-13-2-1-3-14(18)11-16(10-13)19(24)22-17-4-7-23(8-5-17)20(25)15-6-9-26-12-15/h6,9,12-14,16-18H,1-5,7-8,10-11,21H2,(H,22,24). The van der Waals surface area contributed by atoms with Crippen molar-refractivity contribution in [2.75, 3.05) is 13.1 Å². The van der Waals surface area contributed by atoms with Crippen molar-refractivity contribution in [1.82, 2.24) is 10.2 Å². The van der Waals surface area contributed by atoms with Crippen LogP contribution in [0.3, 0.4) is 0 Å². The van der Waals surface area contributed by atoms with Crippen molar-refractivity contribution in [3.8, 4) is 0 Å². The molecule has 1 aromatic heterocycles. The van der Waals surface area contributed by atoms with E-state index in [1.807, 2.05) is 4.90 Å². The molecule has 26 heavy (non-hydrogen) atoms. The van der Waals surface area contributed by atoms with Gasteiger partial charge in [0.05, 0.1) is 11.8 Å². The van der Waals surface area contributed by atoms with Crippen LogP contribution in [0.15, 0.2) is 23.0 Å². The number of furan rings is 1. The summed E-state index contributed by atoms with van der Waals surface area (Å²) < 4.78 is 4.99. The molecule has 2 aliphatic carbocycles. The van der Waals surface area contributed by atoms with E-state index in [4.69, 9.17) is 10.2 Å². The molecule has 6 heteroatoms. The molecule has 0 radical (unpaired) electrons. The zero-order valence-corrected chi connectivity index (χ0v) is 15.2. The van der Waals surface area contributed by atoms with E-state index in [1.54, 1.807) is 6.07 Å². The average molecular weight is 359 g/mol. The van der Waals surface area contributed by atoms with Crippen LogP contribution in [-0.4, -0.2) is 41.9 Å². The van der Waals surface area contributed by atoms with E-state index in [0.29, 0.717) is 36.5 Å². The molecule has 1 saturated heterocycles. The molecule has 2 bridgehead atoms. The first-order valence-corrected chi connectivity index (χ1v) is 9.99. The van der Waals surface area contributed by atoms with E-state index in [-0.39, 0.29) is 23.8 Å². The van der Waals surface area contributed by atoms with Crippen LogP contribution in [0.4, 0.5) is 0 Å². The third-order valence-electron chi connectivity index (χ3n) is 6.68. The van der Waals surface area contributed by atoms with Gasteiger partial charge < -0.3 is 20.4 Å². The SMILES string of the molecule is NC1C2CCCC1CC(C(=O)NC1CCN(C(=O)c3ccoc3)CC1)C2. The first-order valence-electron chi connectivity index (χ1n) is 9.99. The van der Waals surface area contributed by atoms with Crippen LogP contribution >= 0.6 is 0 Å². The van der Waals surface area contributed by atoms with Crippen molar-refractivity contribution in [2.24, 2.45) is 23.5 Å². The molecule has 3 fully saturated rings. The average Bonchev–Trinajstić information content (AvgIpc) is 3.16. The Morgan fingerprint density at radius 3 is 2.42 bits per heavy atom. The Kier molecular flexibility index (Phi) is 5.02. The minimum atomic E-state index is 0.0117. The second kappa shape index (κ2) is 7.43. The molecule has 3 aliphatic rings. The first kappa shape index (κ1) is 17.6. The number of nitrogens with one attached hydrogen (secondary N) is 1. The number of nitrogens with zero attached hydrogens (tertiary/aromatic N) is 1. The van der Waals surface area contributed by atoms with Gasteiger partial charge in [0.2, 0.25) is 5.91 Å². The number of likely N-dealkylation sites (tertiary alicyclic amines) is 1. The molecule has 2 atom stereocenters. The van der Waals surface area contributed by atoms with Crippen LogP contribution in [0, 0.1) is 17.8 Å². The zero-order chi connectivity index (χ0) is 18.1. The lowest BCUT2D eigenvalue weighted by molar-refractivity contribution is -0.128. The second-order valence-corrected chi connectivity index (χ2v) is 8.28. The topological polar surface area (TPSA) is 88.6 Å². The molecule has 0 aromatic carbocycles. The molecule has 2 saturated carbocycles. The Labute approximate surface area is 154 Å². The van der Waals surface area contributed by atoms with Gasteiger partial charge in [-0.1, -0.05) is 6.42 Å². The van der Waals surface area contributed by atoms with E-state index in [1.165, 1.54) is 31.8 Å². The van der Waals surface area contributed by atoms with E-state index >= 15 is 0 Å². The van der Waals surface area contributed by atoms with Gasteiger partial charge in [0.25, 0.3) is 5.91 Å². The predicted molar refractivity (Wildman–Crippen MR) is 97.3 cm³/mol. The van der Waals surface area contributed by atoms with Gasteiger partial charge in [0.1, 0.15) is 6.26 Å². The van der Waals surface area contributed by atoms with Gasteiger partial charge in [0.15, 0.2) is 0 Å².